The van der Waals surface area contributed by atoms with Crippen LogP contribution in [0.5, 0.6) is 0 Å². The van der Waals surface area contributed by atoms with E-state index in [1.54, 1.807) is 6.92 Å². The number of aliphatic imine (C=N–C) groups is 1. The Kier molecular flexibility index (Phi) is 5.88. The van der Waals surface area contributed by atoms with Crippen LogP contribution >= 0.6 is 15.9 Å². The van der Waals surface area contributed by atoms with Gasteiger partial charge in [-0.25, -0.2) is 22.6 Å². The van der Waals surface area contributed by atoms with Crippen molar-refractivity contribution in [3.8, 4) is 0 Å². The van der Waals surface area contributed by atoms with Gasteiger partial charge in [-0.1, -0.05) is 12.7 Å². The molecule has 1 aliphatic heterocycles. The molecule has 0 N–H and O–H groups in total. The minimum absolute atomic E-state index is 0.135. The molecule has 0 spiro atoms. The Morgan fingerprint density at radius 2 is 1.82 bits per heavy atom. The van der Waals surface area contributed by atoms with Crippen LogP contribution in [0, 0.1) is 23.3 Å². The fourth-order valence-corrected chi connectivity index (χ4v) is 3.11. The van der Waals surface area contributed by atoms with E-state index in [2.05, 4.69) is 27.5 Å². The van der Waals surface area contributed by atoms with Crippen LogP contribution in [0.1, 0.15) is 18.1 Å². The molecule has 0 saturated carbocycles. The summed E-state index contributed by atoms with van der Waals surface area (Å²) in [6, 6.07) is 5.50. The molecule has 1 atom stereocenters. The summed E-state index contributed by atoms with van der Waals surface area (Å²) in [5.74, 6) is -2.81. The van der Waals surface area contributed by atoms with Crippen molar-refractivity contribution in [2.75, 3.05) is 4.90 Å². The number of hydrogen-bond donors (Lipinski definition) is 0. The molecule has 2 aromatic rings. The Morgan fingerprint density at radius 1 is 1.14 bits per heavy atom. The number of nitrogens with zero attached hydrogens (tertiary/aromatic N) is 2. The van der Waals surface area contributed by atoms with E-state index in [-0.39, 0.29) is 23.8 Å². The van der Waals surface area contributed by atoms with Gasteiger partial charge in [0.2, 0.25) is 5.90 Å². The minimum atomic E-state index is -0.758. The Hall–Kier alpha value is -2.61. The van der Waals surface area contributed by atoms with Crippen LogP contribution < -0.4 is 4.90 Å². The second kappa shape index (κ2) is 8.18. The Balaban J connectivity index is 1.81. The summed E-state index contributed by atoms with van der Waals surface area (Å²) in [6.45, 7) is 4.94. The number of halogens is 5. The molecule has 3 nitrogen and oxygen atoms in total. The standard InChI is InChI=1S/C20H15BrF4N2O/c1-3-12-6-17(24)19(18(25)7-12)27-9-15(21)20(26-11(27)2)28-10-13-4-5-14(22)8-16(13)23/h3-9,11H,1,10H2,2H3. The predicted octanol–water partition coefficient (Wildman–Crippen LogP) is 5.90. The summed E-state index contributed by atoms with van der Waals surface area (Å²) in [6.07, 6.45) is 2.09. The highest BCUT2D eigenvalue weighted by molar-refractivity contribution is 9.12. The molecule has 0 fully saturated rings. The maximum atomic E-state index is 14.4. The lowest BCUT2D eigenvalue weighted by Gasteiger charge is -2.30. The molecule has 0 aliphatic carbocycles. The summed E-state index contributed by atoms with van der Waals surface area (Å²) < 4.78 is 61.3. The van der Waals surface area contributed by atoms with Crippen molar-refractivity contribution in [2.24, 2.45) is 4.99 Å². The van der Waals surface area contributed by atoms with Gasteiger partial charge in [0.1, 0.15) is 30.1 Å². The summed E-state index contributed by atoms with van der Waals surface area (Å²) in [5, 5.41) is 0. The van der Waals surface area contributed by atoms with Crippen molar-refractivity contribution >= 4 is 33.6 Å². The quantitative estimate of drug-likeness (QED) is 0.537. The summed E-state index contributed by atoms with van der Waals surface area (Å²) in [5.41, 5.74) is 0.208. The molecule has 0 radical (unpaired) electrons. The van der Waals surface area contributed by atoms with Gasteiger partial charge in [-0.05, 0) is 52.7 Å². The van der Waals surface area contributed by atoms with Gasteiger partial charge < -0.3 is 9.64 Å². The van der Waals surface area contributed by atoms with E-state index in [1.165, 1.54) is 35.4 Å². The molecule has 1 aliphatic rings. The zero-order valence-electron chi connectivity index (χ0n) is 14.7. The average Bonchev–Trinajstić information content (AvgIpc) is 2.63. The second-order valence-electron chi connectivity index (χ2n) is 6.01. The van der Waals surface area contributed by atoms with Crippen LogP contribution in [0.15, 0.2) is 52.6 Å². The molecule has 2 aromatic carbocycles. The van der Waals surface area contributed by atoms with Crippen LogP contribution in [0.4, 0.5) is 23.2 Å². The van der Waals surface area contributed by atoms with E-state index in [0.29, 0.717) is 10.0 Å². The SMILES string of the molecule is C=Cc1cc(F)c(N2C=C(Br)C(OCc3ccc(F)cc3F)=NC2C)c(F)c1. The zero-order chi connectivity index (χ0) is 20.4. The van der Waals surface area contributed by atoms with Gasteiger partial charge in [0.25, 0.3) is 0 Å². The molecule has 0 amide bonds. The molecule has 1 unspecified atom stereocenters. The topological polar surface area (TPSA) is 24.8 Å². The molecule has 0 saturated heterocycles. The highest BCUT2D eigenvalue weighted by Gasteiger charge is 2.26. The number of hydrogen-bond acceptors (Lipinski definition) is 3. The van der Waals surface area contributed by atoms with Crippen molar-refractivity contribution < 1.29 is 22.3 Å². The van der Waals surface area contributed by atoms with E-state index < -0.39 is 29.4 Å². The first-order chi connectivity index (χ1) is 13.3. The zero-order valence-corrected chi connectivity index (χ0v) is 16.3. The third kappa shape index (κ3) is 4.11. The maximum Gasteiger partial charge on any atom is 0.227 e. The third-order valence-corrected chi connectivity index (χ3v) is 4.62. The van der Waals surface area contributed by atoms with E-state index in [0.717, 1.165) is 12.1 Å². The Morgan fingerprint density at radius 3 is 2.43 bits per heavy atom. The molecule has 1 heterocycles. The van der Waals surface area contributed by atoms with Crippen molar-refractivity contribution in [2.45, 2.75) is 19.7 Å². The van der Waals surface area contributed by atoms with Crippen molar-refractivity contribution in [3.63, 3.8) is 0 Å². The van der Waals surface area contributed by atoms with Crippen LogP contribution in [-0.4, -0.2) is 12.1 Å². The molecule has 28 heavy (non-hydrogen) atoms. The highest BCUT2D eigenvalue weighted by Crippen LogP contribution is 2.31. The van der Waals surface area contributed by atoms with Gasteiger partial charge in [-0.2, -0.15) is 0 Å². The lowest BCUT2D eigenvalue weighted by Crippen LogP contribution is -2.33. The molecule has 146 valence electrons. The van der Waals surface area contributed by atoms with Crippen LogP contribution in [0.25, 0.3) is 6.08 Å². The van der Waals surface area contributed by atoms with Gasteiger partial charge in [0, 0.05) is 17.8 Å². The van der Waals surface area contributed by atoms with Crippen LogP contribution in [0.2, 0.25) is 0 Å². The first kappa shape index (κ1) is 20.1. The number of rotatable bonds is 4. The largest absolute Gasteiger partial charge is 0.472 e. The van der Waals surface area contributed by atoms with E-state index >= 15 is 0 Å². The molecule has 0 aromatic heterocycles. The van der Waals surface area contributed by atoms with Gasteiger partial charge in [0.05, 0.1) is 4.48 Å². The average molecular weight is 455 g/mol. The monoisotopic (exact) mass is 454 g/mol. The van der Waals surface area contributed by atoms with Gasteiger partial charge in [-0.3, -0.25) is 0 Å². The smallest absolute Gasteiger partial charge is 0.227 e. The molecular weight excluding hydrogens is 440 g/mol. The summed E-state index contributed by atoms with van der Waals surface area (Å²) in [7, 11) is 0. The third-order valence-electron chi connectivity index (χ3n) is 4.08. The van der Waals surface area contributed by atoms with Crippen LogP contribution in [-0.2, 0) is 11.3 Å². The lowest BCUT2D eigenvalue weighted by molar-refractivity contribution is 0.284. The molecular formula is C20H15BrF4N2O. The van der Waals surface area contributed by atoms with Crippen molar-refractivity contribution in [1.29, 1.82) is 0 Å². The number of benzene rings is 2. The van der Waals surface area contributed by atoms with Crippen molar-refractivity contribution in [1.82, 2.24) is 0 Å². The Bertz CT molecular complexity index is 967. The first-order valence-electron chi connectivity index (χ1n) is 8.22. The second-order valence-corrected chi connectivity index (χ2v) is 6.87. The maximum absolute atomic E-state index is 14.4. The molecule has 3 rings (SSSR count). The van der Waals surface area contributed by atoms with Gasteiger partial charge >= 0.3 is 0 Å². The summed E-state index contributed by atoms with van der Waals surface area (Å²) in [4.78, 5) is 5.58. The molecule has 8 heteroatoms. The van der Waals surface area contributed by atoms with E-state index in [1.807, 2.05) is 0 Å². The van der Waals surface area contributed by atoms with Crippen molar-refractivity contribution in [3.05, 3.63) is 82.0 Å². The highest BCUT2D eigenvalue weighted by atomic mass is 79.9. The van der Waals surface area contributed by atoms with E-state index in [4.69, 9.17) is 4.74 Å². The predicted molar refractivity (Wildman–Crippen MR) is 104 cm³/mol. The Labute approximate surface area is 167 Å². The van der Waals surface area contributed by atoms with Gasteiger partial charge in [0.15, 0.2) is 11.6 Å². The van der Waals surface area contributed by atoms with E-state index in [9.17, 15) is 17.6 Å². The minimum Gasteiger partial charge on any atom is -0.472 e. The fourth-order valence-electron chi connectivity index (χ4n) is 2.67. The van der Waals surface area contributed by atoms with Gasteiger partial charge in [-0.15, -0.1) is 0 Å². The summed E-state index contributed by atoms with van der Waals surface area (Å²) >= 11 is 3.25. The number of ether oxygens (including phenoxy) is 1. The number of anilines is 1. The first-order valence-corrected chi connectivity index (χ1v) is 9.01. The van der Waals surface area contributed by atoms with Crippen LogP contribution in [0.3, 0.4) is 0 Å². The lowest BCUT2D eigenvalue weighted by atomic mass is 10.1. The normalized spacial score (nSPS) is 16.5. The fraction of sp³-hybridized carbons (Fsp3) is 0.150. The molecule has 0 bridgehead atoms.